The van der Waals surface area contributed by atoms with E-state index >= 15 is 0 Å². The summed E-state index contributed by atoms with van der Waals surface area (Å²) in [6, 6.07) is 1.98. The van der Waals surface area contributed by atoms with E-state index in [9.17, 15) is 30.1 Å². The number of non-ortho nitro benzene ring substituents is 1. The molecule has 1 aromatic rings. The van der Waals surface area contributed by atoms with Crippen molar-refractivity contribution in [2.45, 2.75) is 12.1 Å². The van der Waals surface area contributed by atoms with Crippen LogP contribution in [0, 0.1) is 20.2 Å². The molecule has 18 heavy (non-hydrogen) atoms. The number of rotatable bonds is 5. The van der Waals surface area contributed by atoms with Gasteiger partial charge in [0.15, 0.2) is 6.10 Å². The third-order valence-corrected chi connectivity index (χ3v) is 2.22. The van der Waals surface area contributed by atoms with Crippen LogP contribution in [0.3, 0.4) is 0 Å². The van der Waals surface area contributed by atoms with E-state index in [4.69, 9.17) is 5.11 Å². The monoisotopic (exact) mass is 256 g/mol. The van der Waals surface area contributed by atoms with E-state index in [0.29, 0.717) is 0 Å². The Balaban J connectivity index is 3.02. The molecule has 0 fully saturated rings. The first-order valence-electron chi connectivity index (χ1n) is 4.63. The lowest BCUT2D eigenvalue weighted by Crippen LogP contribution is -2.35. The Hall–Kier alpha value is -2.55. The van der Waals surface area contributed by atoms with Gasteiger partial charge in [-0.25, -0.2) is 4.79 Å². The third-order valence-electron chi connectivity index (χ3n) is 2.22. The number of carboxylic acid groups (broad SMARTS) is 1. The molecule has 0 heterocycles. The summed E-state index contributed by atoms with van der Waals surface area (Å²) in [4.78, 5) is 29.7. The number of nitro groups is 2. The Labute approximate surface area is 99.6 Å². The van der Waals surface area contributed by atoms with Crippen LogP contribution in [-0.4, -0.2) is 32.1 Å². The molecule has 0 spiro atoms. The average molecular weight is 256 g/mol. The highest BCUT2D eigenvalue weighted by molar-refractivity contribution is 5.73. The maximum atomic E-state index is 10.6. The van der Waals surface area contributed by atoms with E-state index in [1.807, 2.05) is 0 Å². The van der Waals surface area contributed by atoms with Gasteiger partial charge in [0.25, 0.3) is 5.69 Å². The number of nitro benzene ring substituents is 1. The first-order chi connectivity index (χ1) is 8.34. The van der Waals surface area contributed by atoms with Crippen molar-refractivity contribution in [3.8, 4) is 0 Å². The Kier molecular flexibility index (Phi) is 3.89. The van der Waals surface area contributed by atoms with Gasteiger partial charge in [-0.3, -0.25) is 20.2 Å². The van der Waals surface area contributed by atoms with Crippen LogP contribution in [0.5, 0.6) is 0 Å². The van der Waals surface area contributed by atoms with Gasteiger partial charge >= 0.3 is 12.0 Å². The SMILES string of the molecule is O=C(O)C(C(O)c1ccc([N+](=O)[O-])cc1)[N+](=O)[O-]. The van der Waals surface area contributed by atoms with Gasteiger partial charge < -0.3 is 10.2 Å². The van der Waals surface area contributed by atoms with Gasteiger partial charge in [-0.1, -0.05) is 0 Å². The maximum Gasteiger partial charge on any atom is 0.382 e. The highest BCUT2D eigenvalue weighted by Gasteiger charge is 2.38. The summed E-state index contributed by atoms with van der Waals surface area (Å²) in [5.41, 5.74) is -0.344. The van der Waals surface area contributed by atoms with E-state index in [1.165, 1.54) is 0 Å². The van der Waals surface area contributed by atoms with Crippen LogP contribution in [0.2, 0.25) is 0 Å². The van der Waals surface area contributed by atoms with Crippen molar-refractivity contribution in [1.29, 1.82) is 0 Å². The molecule has 0 aromatic heterocycles. The number of nitrogens with zero attached hydrogens (tertiary/aromatic N) is 2. The quantitative estimate of drug-likeness (QED) is 0.571. The van der Waals surface area contributed by atoms with Crippen LogP contribution in [-0.2, 0) is 4.79 Å². The second kappa shape index (κ2) is 5.19. The molecular weight excluding hydrogens is 248 g/mol. The summed E-state index contributed by atoms with van der Waals surface area (Å²) in [6.07, 6.45) is -1.88. The topological polar surface area (TPSA) is 144 Å². The first-order valence-corrected chi connectivity index (χ1v) is 4.63. The largest absolute Gasteiger partial charge is 0.476 e. The molecule has 0 aliphatic rings. The standard InChI is InChI=1S/C9H8N2O7/c12-8(7(9(13)14)11(17)18)5-1-3-6(4-2-5)10(15)16/h1-4,7-8,12H,(H,13,14). The van der Waals surface area contributed by atoms with E-state index in [0.717, 1.165) is 24.3 Å². The molecule has 9 heteroatoms. The number of benzene rings is 1. The number of aliphatic hydroxyl groups is 1. The summed E-state index contributed by atoms with van der Waals surface area (Å²) in [6.45, 7) is 0. The maximum absolute atomic E-state index is 10.6. The molecule has 2 atom stereocenters. The first kappa shape index (κ1) is 13.5. The zero-order chi connectivity index (χ0) is 13.9. The van der Waals surface area contributed by atoms with E-state index in [-0.39, 0.29) is 11.3 Å². The Morgan fingerprint density at radius 3 is 2.00 bits per heavy atom. The molecule has 0 radical (unpaired) electrons. The van der Waals surface area contributed by atoms with Crippen LogP contribution in [0.1, 0.15) is 11.7 Å². The van der Waals surface area contributed by atoms with Crippen molar-refractivity contribution in [3.05, 3.63) is 50.1 Å². The van der Waals surface area contributed by atoms with Gasteiger partial charge in [-0.2, -0.15) is 0 Å². The summed E-state index contributed by atoms with van der Waals surface area (Å²) in [5, 5.41) is 39.0. The highest BCUT2D eigenvalue weighted by atomic mass is 16.6. The number of aliphatic hydroxyl groups excluding tert-OH is 1. The Morgan fingerprint density at radius 1 is 1.17 bits per heavy atom. The normalized spacial score (nSPS) is 13.6. The third kappa shape index (κ3) is 2.77. The number of aliphatic carboxylic acids is 1. The average Bonchev–Trinajstić information content (AvgIpc) is 2.28. The molecule has 96 valence electrons. The molecule has 0 aliphatic heterocycles. The predicted octanol–water partition coefficient (Wildman–Crippen LogP) is 0.358. The summed E-state index contributed by atoms with van der Waals surface area (Å²) in [5.74, 6) is -1.79. The fraction of sp³-hybridized carbons (Fsp3) is 0.222. The van der Waals surface area contributed by atoms with Crippen molar-refractivity contribution in [2.24, 2.45) is 0 Å². The van der Waals surface area contributed by atoms with Gasteiger partial charge in [0, 0.05) is 17.1 Å². The predicted molar refractivity (Wildman–Crippen MR) is 56.5 cm³/mol. The Morgan fingerprint density at radius 2 is 1.67 bits per heavy atom. The fourth-order valence-corrected chi connectivity index (χ4v) is 1.32. The van der Waals surface area contributed by atoms with Gasteiger partial charge in [0.2, 0.25) is 0 Å². The van der Waals surface area contributed by atoms with Crippen molar-refractivity contribution in [1.82, 2.24) is 0 Å². The minimum Gasteiger partial charge on any atom is -0.476 e. The molecular formula is C9H8N2O7. The molecule has 1 aromatic carbocycles. The summed E-state index contributed by atoms with van der Waals surface area (Å²) < 4.78 is 0. The lowest BCUT2D eigenvalue weighted by molar-refractivity contribution is -0.522. The lowest BCUT2D eigenvalue weighted by Gasteiger charge is -2.12. The smallest absolute Gasteiger partial charge is 0.382 e. The minimum absolute atomic E-state index is 0.0790. The van der Waals surface area contributed by atoms with Crippen molar-refractivity contribution >= 4 is 11.7 Å². The Bertz CT molecular complexity index is 470. The van der Waals surface area contributed by atoms with Gasteiger partial charge in [0.1, 0.15) is 0 Å². The lowest BCUT2D eigenvalue weighted by atomic mass is 10.0. The number of carbonyl (C=O) groups is 1. The molecule has 9 nitrogen and oxygen atoms in total. The van der Waals surface area contributed by atoms with Crippen LogP contribution in [0.15, 0.2) is 24.3 Å². The second-order valence-electron chi connectivity index (χ2n) is 3.36. The zero-order valence-electron chi connectivity index (χ0n) is 8.79. The van der Waals surface area contributed by atoms with Crippen molar-refractivity contribution in [2.75, 3.05) is 0 Å². The zero-order valence-corrected chi connectivity index (χ0v) is 8.79. The van der Waals surface area contributed by atoms with Gasteiger partial charge in [-0.05, 0) is 17.7 Å². The van der Waals surface area contributed by atoms with Crippen molar-refractivity contribution in [3.63, 3.8) is 0 Å². The van der Waals surface area contributed by atoms with Crippen LogP contribution in [0.4, 0.5) is 5.69 Å². The molecule has 1 rings (SSSR count). The van der Waals surface area contributed by atoms with Crippen molar-refractivity contribution < 1.29 is 24.9 Å². The van der Waals surface area contributed by atoms with Crippen LogP contribution in [0.25, 0.3) is 0 Å². The number of hydrogen-bond donors (Lipinski definition) is 2. The molecule has 0 saturated carbocycles. The minimum atomic E-state index is -2.22. The number of hydrogen-bond acceptors (Lipinski definition) is 6. The molecule has 2 unspecified atom stereocenters. The van der Waals surface area contributed by atoms with Crippen LogP contribution < -0.4 is 0 Å². The second-order valence-corrected chi connectivity index (χ2v) is 3.36. The summed E-state index contributed by atoms with van der Waals surface area (Å²) >= 11 is 0. The molecule has 0 bridgehead atoms. The van der Waals surface area contributed by atoms with Gasteiger partial charge in [0.05, 0.1) is 4.92 Å². The van der Waals surface area contributed by atoms with E-state index in [2.05, 4.69) is 0 Å². The highest BCUT2D eigenvalue weighted by Crippen LogP contribution is 2.21. The van der Waals surface area contributed by atoms with E-state index < -0.39 is 28.0 Å². The molecule has 0 saturated heterocycles. The van der Waals surface area contributed by atoms with E-state index in [1.54, 1.807) is 0 Å². The summed E-state index contributed by atoms with van der Waals surface area (Å²) in [7, 11) is 0. The van der Waals surface area contributed by atoms with Crippen LogP contribution >= 0.6 is 0 Å². The molecule has 0 aliphatic carbocycles. The molecule has 0 amide bonds. The molecule has 2 N–H and O–H groups in total. The number of carboxylic acids is 1. The fourth-order valence-electron chi connectivity index (χ4n) is 1.32. The van der Waals surface area contributed by atoms with Gasteiger partial charge in [-0.15, -0.1) is 0 Å².